The number of rotatable bonds is 6. The zero-order chi connectivity index (χ0) is 19.9. The lowest BCUT2D eigenvalue weighted by atomic mass is 9.86. The van der Waals surface area contributed by atoms with Crippen molar-refractivity contribution in [2.75, 3.05) is 13.2 Å². The molecule has 152 valence electrons. The molecule has 1 aromatic rings. The maximum absolute atomic E-state index is 11.9. The summed E-state index contributed by atoms with van der Waals surface area (Å²) in [6.45, 7) is 12.3. The molecule has 1 aromatic heterocycles. The fraction of sp³-hybridized carbons (Fsp3) is 0.750. The molecule has 27 heavy (non-hydrogen) atoms. The number of thiazole rings is 1. The zero-order valence-corrected chi connectivity index (χ0v) is 18.1. The molecule has 6 nitrogen and oxygen atoms in total. The van der Waals surface area contributed by atoms with Gasteiger partial charge >= 0.3 is 5.97 Å². The molecule has 7 heteroatoms. The fourth-order valence-electron chi connectivity index (χ4n) is 3.12. The number of ether oxygens (including phenoxy) is 1. The molecule has 0 spiro atoms. The molecular formula is C20H34N4O2S. The number of nitrogens with one attached hydrogen (secondary N) is 2. The van der Waals surface area contributed by atoms with E-state index in [2.05, 4.69) is 43.7 Å². The Bertz CT molecular complexity index is 628. The number of hydrogen-bond acceptors (Lipinski definition) is 5. The number of carbonyl (C=O) groups excluding carboxylic acids is 1. The first-order valence-corrected chi connectivity index (χ1v) is 10.9. The van der Waals surface area contributed by atoms with Gasteiger partial charge in [-0.05, 0) is 39.5 Å². The molecule has 0 atom stereocenters. The Labute approximate surface area is 167 Å². The standard InChI is InChI=1S/C20H34N4O2S/c1-6-21-19(22-12-17-24-16(13-27-17)20(3,4)5)23-15-10-8-14(9-11-15)18(25)26-7-2/h13-15H,6-12H2,1-5H3,(H2,21,22,23). The van der Waals surface area contributed by atoms with Crippen LogP contribution in [0.4, 0.5) is 0 Å². The van der Waals surface area contributed by atoms with Crippen LogP contribution < -0.4 is 10.6 Å². The molecule has 1 aliphatic carbocycles. The van der Waals surface area contributed by atoms with Gasteiger partial charge in [-0.25, -0.2) is 9.98 Å². The van der Waals surface area contributed by atoms with Gasteiger partial charge in [-0.1, -0.05) is 20.8 Å². The lowest BCUT2D eigenvalue weighted by Gasteiger charge is -2.29. The smallest absolute Gasteiger partial charge is 0.308 e. The third-order valence-corrected chi connectivity index (χ3v) is 5.56. The Morgan fingerprint density at radius 3 is 2.56 bits per heavy atom. The van der Waals surface area contributed by atoms with Gasteiger partial charge in [-0.3, -0.25) is 4.79 Å². The highest BCUT2D eigenvalue weighted by atomic mass is 32.1. The van der Waals surface area contributed by atoms with Crippen LogP contribution in [0, 0.1) is 5.92 Å². The molecule has 0 unspecified atom stereocenters. The molecule has 0 aromatic carbocycles. The molecule has 2 N–H and O–H groups in total. The van der Waals surface area contributed by atoms with E-state index < -0.39 is 0 Å². The van der Waals surface area contributed by atoms with Gasteiger partial charge in [0.25, 0.3) is 0 Å². The van der Waals surface area contributed by atoms with E-state index in [0.29, 0.717) is 19.2 Å². The summed E-state index contributed by atoms with van der Waals surface area (Å²) in [7, 11) is 0. The quantitative estimate of drug-likeness (QED) is 0.438. The summed E-state index contributed by atoms with van der Waals surface area (Å²) in [6.07, 6.45) is 3.66. The minimum Gasteiger partial charge on any atom is -0.466 e. The Hall–Kier alpha value is -1.63. The van der Waals surface area contributed by atoms with Crippen molar-refractivity contribution < 1.29 is 9.53 Å². The second-order valence-corrected chi connectivity index (χ2v) is 8.96. The van der Waals surface area contributed by atoms with Crippen molar-refractivity contribution in [2.24, 2.45) is 10.9 Å². The van der Waals surface area contributed by atoms with E-state index in [1.165, 1.54) is 0 Å². The van der Waals surface area contributed by atoms with Gasteiger partial charge in [0.1, 0.15) is 5.01 Å². The lowest BCUT2D eigenvalue weighted by Crippen LogP contribution is -2.45. The normalized spacial score (nSPS) is 21.0. The summed E-state index contributed by atoms with van der Waals surface area (Å²) >= 11 is 1.67. The van der Waals surface area contributed by atoms with E-state index >= 15 is 0 Å². The molecular weight excluding hydrogens is 360 g/mol. The highest BCUT2D eigenvalue weighted by Gasteiger charge is 2.27. The molecule has 0 amide bonds. The molecule has 1 fully saturated rings. The maximum Gasteiger partial charge on any atom is 0.308 e. The van der Waals surface area contributed by atoms with Crippen LogP contribution in [0.2, 0.25) is 0 Å². The van der Waals surface area contributed by atoms with Gasteiger partial charge in [-0.2, -0.15) is 0 Å². The highest BCUT2D eigenvalue weighted by Crippen LogP contribution is 2.26. The number of esters is 1. The van der Waals surface area contributed by atoms with Gasteiger partial charge in [-0.15, -0.1) is 11.3 Å². The van der Waals surface area contributed by atoms with Crippen molar-refractivity contribution in [3.8, 4) is 0 Å². The van der Waals surface area contributed by atoms with Crippen LogP contribution in [-0.4, -0.2) is 36.1 Å². The average Bonchev–Trinajstić information content (AvgIpc) is 3.10. The van der Waals surface area contributed by atoms with Crippen LogP contribution >= 0.6 is 11.3 Å². The molecule has 0 saturated heterocycles. The molecule has 1 heterocycles. The van der Waals surface area contributed by atoms with Gasteiger partial charge in [0.05, 0.1) is 24.8 Å². The van der Waals surface area contributed by atoms with Crippen LogP contribution in [0.25, 0.3) is 0 Å². The lowest BCUT2D eigenvalue weighted by molar-refractivity contribution is -0.149. The first kappa shape index (κ1) is 21.7. The number of guanidine groups is 1. The summed E-state index contributed by atoms with van der Waals surface area (Å²) in [5.74, 6) is 0.827. The van der Waals surface area contributed by atoms with Crippen molar-refractivity contribution in [3.05, 3.63) is 16.1 Å². The number of hydrogen-bond donors (Lipinski definition) is 2. The first-order valence-electron chi connectivity index (χ1n) is 9.99. The molecule has 0 bridgehead atoms. The number of aromatic nitrogens is 1. The minimum atomic E-state index is -0.0463. The van der Waals surface area contributed by atoms with Crippen LogP contribution in [0.15, 0.2) is 10.4 Å². The van der Waals surface area contributed by atoms with Crippen LogP contribution in [0.5, 0.6) is 0 Å². The highest BCUT2D eigenvalue weighted by molar-refractivity contribution is 7.09. The SMILES string of the molecule is CCNC(=NCc1nc(C(C)(C)C)cs1)NC1CCC(C(=O)OCC)CC1. The monoisotopic (exact) mass is 394 g/mol. The second-order valence-electron chi connectivity index (χ2n) is 8.02. The van der Waals surface area contributed by atoms with E-state index in [0.717, 1.165) is 48.9 Å². The van der Waals surface area contributed by atoms with Crippen molar-refractivity contribution in [1.29, 1.82) is 0 Å². The van der Waals surface area contributed by atoms with E-state index in [4.69, 9.17) is 14.7 Å². The Morgan fingerprint density at radius 2 is 2.00 bits per heavy atom. The number of carbonyl (C=O) groups is 1. The fourth-order valence-corrected chi connectivity index (χ4v) is 4.07. The average molecular weight is 395 g/mol. The van der Waals surface area contributed by atoms with Crippen molar-refractivity contribution in [2.45, 2.75) is 78.3 Å². The van der Waals surface area contributed by atoms with E-state index in [9.17, 15) is 4.79 Å². The number of aliphatic imine (C=N–C) groups is 1. The largest absolute Gasteiger partial charge is 0.466 e. The molecule has 1 aliphatic rings. The number of nitrogens with zero attached hydrogens (tertiary/aromatic N) is 2. The second kappa shape index (κ2) is 10.1. The van der Waals surface area contributed by atoms with Gasteiger partial charge in [0.2, 0.25) is 0 Å². The minimum absolute atomic E-state index is 0.0463. The van der Waals surface area contributed by atoms with E-state index in [-0.39, 0.29) is 17.3 Å². The summed E-state index contributed by atoms with van der Waals surface area (Å²) in [4.78, 5) is 21.3. The topological polar surface area (TPSA) is 75.6 Å². The molecule has 0 radical (unpaired) electrons. The molecule has 1 saturated carbocycles. The Kier molecular flexibility index (Phi) is 8.07. The molecule has 0 aliphatic heterocycles. The maximum atomic E-state index is 11.9. The Balaban J connectivity index is 1.89. The summed E-state index contributed by atoms with van der Waals surface area (Å²) in [5.41, 5.74) is 1.19. The van der Waals surface area contributed by atoms with E-state index in [1.807, 2.05) is 6.92 Å². The van der Waals surface area contributed by atoms with Crippen LogP contribution in [-0.2, 0) is 21.5 Å². The molecule has 2 rings (SSSR count). The summed E-state index contributed by atoms with van der Waals surface area (Å²) < 4.78 is 5.15. The zero-order valence-electron chi connectivity index (χ0n) is 17.3. The third-order valence-electron chi connectivity index (χ3n) is 4.72. The van der Waals surface area contributed by atoms with Gasteiger partial charge in [0, 0.05) is 23.4 Å². The summed E-state index contributed by atoms with van der Waals surface area (Å²) in [5, 5.41) is 9.99. The van der Waals surface area contributed by atoms with Crippen molar-refractivity contribution in [3.63, 3.8) is 0 Å². The van der Waals surface area contributed by atoms with Crippen molar-refractivity contribution in [1.82, 2.24) is 15.6 Å². The van der Waals surface area contributed by atoms with E-state index in [1.54, 1.807) is 11.3 Å². The third kappa shape index (κ3) is 6.79. The predicted molar refractivity (Wildman–Crippen MR) is 111 cm³/mol. The summed E-state index contributed by atoms with van der Waals surface area (Å²) in [6, 6.07) is 0.343. The Morgan fingerprint density at radius 1 is 1.30 bits per heavy atom. The predicted octanol–water partition coefficient (Wildman–Crippen LogP) is 3.62. The van der Waals surface area contributed by atoms with Gasteiger partial charge < -0.3 is 15.4 Å². The van der Waals surface area contributed by atoms with Gasteiger partial charge in [0.15, 0.2) is 5.96 Å². The van der Waals surface area contributed by atoms with Crippen LogP contribution in [0.1, 0.15) is 71.0 Å². The first-order chi connectivity index (χ1) is 12.8. The van der Waals surface area contributed by atoms with Crippen LogP contribution in [0.3, 0.4) is 0 Å². The van der Waals surface area contributed by atoms with Crippen molar-refractivity contribution >= 4 is 23.3 Å².